The summed E-state index contributed by atoms with van der Waals surface area (Å²) in [7, 11) is 0. The van der Waals surface area contributed by atoms with Gasteiger partial charge in [0.05, 0.1) is 12.1 Å². The number of halogens is 1. The highest BCUT2D eigenvalue weighted by atomic mass is 79.9. The second kappa shape index (κ2) is 7.88. The molecule has 8 heteroatoms. The van der Waals surface area contributed by atoms with Gasteiger partial charge in [-0.25, -0.2) is 4.98 Å². The lowest BCUT2D eigenvalue weighted by atomic mass is 10.2. The quantitative estimate of drug-likeness (QED) is 0.415. The van der Waals surface area contributed by atoms with E-state index < -0.39 is 0 Å². The third-order valence-corrected chi connectivity index (χ3v) is 5.53. The van der Waals surface area contributed by atoms with Gasteiger partial charge in [-0.2, -0.15) is 0 Å². The molecule has 1 amide bonds. The summed E-state index contributed by atoms with van der Waals surface area (Å²) < 4.78 is 10.1. The normalized spacial score (nSPS) is 11.3. The van der Waals surface area contributed by atoms with Crippen molar-refractivity contribution in [3.63, 3.8) is 0 Å². The number of fused-ring (bicyclic) bond motifs is 3. The summed E-state index contributed by atoms with van der Waals surface area (Å²) in [6.45, 7) is 0.556. The first-order chi connectivity index (χ1) is 15.1. The molecule has 5 rings (SSSR count). The smallest absolute Gasteiger partial charge is 0.287 e. The maximum atomic E-state index is 13.0. The number of hydrogen-bond donors (Lipinski definition) is 1. The van der Waals surface area contributed by atoms with E-state index in [2.05, 4.69) is 26.2 Å². The molecule has 0 aliphatic carbocycles. The molecule has 0 unspecified atom stereocenters. The lowest BCUT2D eigenvalue weighted by molar-refractivity contribution is 0.0921. The Labute approximate surface area is 185 Å². The van der Waals surface area contributed by atoms with Gasteiger partial charge in [-0.05, 0) is 54.1 Å². The van der Waals surface area contributed by atoms with Crippen LogP contribution < -0.4 is 10.9 Å². The van der Waals surface area contributed by atoms with Crippen LogP contribution in [0.3, 0.4) is 0 Å². The zero-order valence-corrected chi connectivity index (χ0v) is 17.9. The lowest BCUT2D eigenvalue weighted by Crippen LogP contribution is -2.24. The van der Waals surface area contributed by atoms with Gasteiger partial charge in [-0.3, -0.25) is 14.2 Å². The van der Waals surface area contributed by atoms with Crippen LogP contribution in [0.25, 0.3) is 16.7 Å². The van der Waals surface area contributed by atoms with Crippen molar-refractivity contribution in [2.24, 2.45) is 0 Å². The topological polar surface area (TPSA) is 81.5 Å². The SMILES string of the molecule is O=C(NCc1cccc(Br)c1)c1ccc(Cn2c(=O)c3cccn3c3cccnc32)o1. The van der Waals surface area contributed by atoms with E-state index in [0.717, 1.165) is 15.6 Å². The van der Waals surface area contributed by atoms with Gasteiger partial charge in [-0.15, -0.1) is 0 Å². The van der Waals surface area contributed by atoms with Crippen molar-refractivity contribution in [2.45, 2.75) is 13.1 Å². The third-order valence-electron chi connectivity index (χ3n) is 5.04. The Balaban J connectivity index is 1.40. The van der Waals surface area contributed by atoms with Gasteiger partial charge in [0.15, 0.2) is 11.4 Å². The van der Waals surface area contributed by atoms with Gasteiger partial charge in [0.2, 0.25) is 0 Å². The van der Waals surface area contributed by atoms with Gasteiger partial charge in [-0.1, -0.05) is 28.1 Å². The molecular weight excluding hydrogens is 460 g/mol. The maximum Gasteiger partial charge on any atom is 0.287 e. The molecule has 0 spiro atoms. The number of pyridine rings is 1. The Hall–Kier alpha value is -3.65. The number of nitrogens with zero attached hydrogens (tertiary/aromatic N) is 3. The van der Waals surface area contributed by atoms with Crippen molar-refractivity contribution in [3.8, 4) is 0 Å². The molecule has 0 fully saturated rings. The molecule has 0 aliphatic heterocycles. The first-order valence-corrected chi connectivity index (χ1v) is 10.5. The van der Waals surface area contributed by atoms with E-state index in [1.54, 1.807) is 29.0 Å². The Bertz CT molecular complexity index is 1480. The van der Waals surface area contributed by atoms with Crippen molar-refractivity contribution < 1.29 is 9.21 Å². The predicted octanol–water partition coefficient (Wildman–Crippen LogP) is 3.98. The number of rotatable bonds is 5. The average molecular weight is 477 g/mol. The Morgan fingerprint density at radius 1 is 1.06 bits per heavy atom. The van der Waals surface area contributed by atoms with E-state index in [-0.39, 0.29) is 23.8 Å². The van der Waals surface area contributed by atoms with Gasteiger partial charge < -0.3 is 14.1 Å². The summed E-state index contributed by atoms with van der Waals surface area (Å²) in [4.78, 5) is 29.9. The molecular formula is C23H17BrN4O3. The number of amides is 1. The van der Waals surface area contributed by atoms with Gasteiger partial charge in [0.1, 0.15) is 11.3 Å². The van der Waals surface area contributed by atoms with Crippen LogP contribution in [0.1, 0.15) is 21.9 Å². The summed E-state index contributed by atoms with van der Waals surface area (Å²) in [5.74, 6) is 0.375. The van der Waals surface area contributed by atoms with E-state index in [0.29, 0.717) is 23.5 Å². The molecule has 0 atom stereocenters. The monoisotopic (exact) mass is 476 g/mol. The van der Waals surface area contributed by atoms with Crippen molar-refractivity contribution >= 4 is 38.5 Å². The highest BCUT2D eigenvalue weighted by molar-refractivity contribution is 9.10. The van der Waals surface area contributed by atoms with Gasteiger partial charge in [0, 0.05) is 23.4 Å². The van der Waals surface area contributed by atoms with Crippen LogP contribution in [0.5, 0.6) is 0 Å². The van der Waals surface area contributed by atoms with Crippen LogP contribution in [-0.4, -0.2) is 19.9 Å². The molecule has 5 aromatic rings. The Morgan fingerprint density at radius 3 is 2.81 bits per heavy atom. The van der Waals surface area contributed by atoms with Crippen molar-refractivity contribution in [1.29, 1.82) is 0 Å². The zero-order valence-electron chi connectivity index (χ0n) is 16.3. The Morgan fingerprint density at radius 2 is 1.94 bits per heavy atom. The van der Waals surface area contributed by atoms with Crippen molar-refractivity contribution in [2.75, 3.05) is 0 Å². The fraction of sp³-hybridized carbons (Fsp3) is 0.0870. The number of benzene rings is 1. The summed E-state index contributed by atoms with van der Waals surface area (Å²) >= 11 is 3.42. The first kappa shape index (κ1) is 19.3. The number of hydrogen-bond acceptors (Lipinski definition) is 4. The maximum absolute atomic E-state index is 13.0. The van der Waals surface area contributed by atoms with E-state index in [9.17, 15) is 9.59 Å². The molecule has 1 N–H and O–H groups in total. The minimum absolute atomic E-state index is 0.173. The molecule has 0 radical (unpaired) electrons. The summed E-state index contributed by atoms with van der Waals surface area (Å²) in [6.07, 6.45) is 3.49. The zero-order chi connectivity index (χ0) is 21.4. The first-order valence-electron chi connectivity index (χ1n) is 9.66. The van der Waals surface area contributed by atoms with E-state index in [1.807, 2.05) is 53.1 Å². The molecule has 0 bridgehead atoms. The highest BCUT2D eigenvalue weighted by Gasteiger charge is 2.15. The van der Waals surface area contributed by atoms with E-state index in [1.165, 1.54) is 0 Å². The molecule has 4 aromatic heterocycles. The molecule has 0 saturated heterocycles. The number of furan rings is 1. The van der Waals surface area contributed by atoms with Gasteiger partial charge >= 0.3 is 0 Å². The summed E-state index contributed by atoms with van der Waals surface area (Å²) in [6, 6.07) is 18.4. The molecule has 1 aromatic carbocycles. The number of aromatic nitrogens is 3. The number of carbonyl (C=O) groups is 1. The highest BCUT2D eigenvalue weighted by Crippen LogP contribution is 2.16. The fourth-order valence-corrected chi connectivity index (χ4v) is 4.03. The molecule has 31 heavy (non-hydrogen) atoms. The lowest BCUT2D eigenvalue weighted by Gasteiger charge is -2.10. The fourth-order valence-electron chi connectivity index (χ4n) is 3.59. The Kier molecular flexibility index (Phi) is 4.91. The van der Waals surface area contributed by atoms with Gasteiger partial charge in [0.25, 0.3) is 11.5 Å². The number of nitrogens with one attached hydrogen (secondary N) is 1. The molecule has 4 heterocycles. The predicted molar refractivity (Wildman–Crippen MR) is 120 cm³/mol. The molecule has 0 aliphatic rings. The average Bonchev–Trinajstić information content (AvgIpc) is 3.45. The second-order valence-corrected chi connectivity index (χ2v) is 8.00. The molecule has 0 saturated carbocycles. The minimum atomic E-state index is -0.316. The van der Waals surface area contributed by atoms with Crippen LogP contribution >= 0.6 is 15.9 Å². The van der Waals surface area contributed by atoms with Crippen LogP contribution in [-0.2, 0) is 13.1 Å². The third kappa shape index (κ3) is 3.66. The largest absolute Gasteiger partial charge is 0.454 e. The summed E-state index contributed by atoms with van der Waals surface area (Å²) in [5.41, 5.74) is 2.72. The van der Waals surface area contributed by atoms with Crippen LogP contribution in [0.4, 0.5) is 0 Å². The van der Waals surface area contributed by atoms with Crippen LogP contribution in [0.15, 0.2) is 86.7 Å². The second-order valence-electron chi connectivity index (χ2n) is 7.08. The van der Waals surface area contributed by atoms with E-state index >= 15 is 0 Å². The van der Waals surface area contributed by atoms with Crippen molar-refractivity contribution in [1.82, 2.24) is 19.3 Å². The van der Waals surface area contributed by atoms with E-state index in [4.69, 9.17) is 4.42 Å². The minimum Gasteiger partial charge on any atom is -0.454 e. The standard InChI is InChI=1S/C23H17BrN4O3/c24-16-5-1-4-15(12-16)13-26-22(29)20-9-8-17(31-20)14-28-21-18(6-2-10-25-21)27-11-3-7-19(27)23(28)30/h1-12H,13-14H2,(H,26,29). The molecule has 154 valence electrons. The molecule has 7 nitrogen and oxygen atoms in total. The van der Waals surface area contributed by atoms with Crippen LogP contribution in [0, 0.1) is 0 Å². The van der Waals surface area contributed by atoms with Crippen LogP contribution in [0.2, 0.25) is 0 Å². The van der Waals surface area contributed by atoms with Crippen molar-refractivity contribution in [3.05, 3.63) is 105 Å². The summed E-state index contributed by atoms with van der Waals surface area (Å²) in [5, 5.41) is 2.84. The number of carbonyl (C=O) groups excluding carboxylic acids is 1.